The molecule has 4 heteroatoms. The van der Waals surface area contributed by atoms with Gasteiger partial charge in [-0.15, -0.1) is 0 Å². The second kappa shape index (κ2) is 8.42. The molecule has 0 aliphatic heterocycles. The highest BCUT2D eigenvalue weighted by atomic mass is 16.5. The van der Waals surface area contributed by atoms with Gasteiger partial charge in [0.2, 0.25) is 0 Å². The van der Waals surface area contributed by atoms with Crippen molar-refractivity contribution in [3.63, 3.8) is 0 Å². The molecule has 0 saturated heterocycles. The normalized spacial score (nSPS) is 10.4. The molecule has 0 aliphatic rings. The molecule has 112 valence electrons. The van der Waals surface area contributed by atoms with E-state index in [2.05, 4.69) is 23.4 Å². The fourth-order valence-corrected chi connectivity index (χ4v) is 1.64. The fraction of sp³-hybridized carbons (Fsp3) is 0.111. The molecule has 0 fully saturated rings. The number of hydrogen-bond donors (Lipinski definition) is 0. The van der Waals surface area contributed by atoms with Gasteiger partial charge in [0.05, 0.1) is 11.4 Å². The Morgan fingerprint density at radius 3 is 1.36 bits per heavy atom. The van der Waals surface area contributed by atoms with E-state index in [9.17, 15) is 0 Å². The summed E-state index contributed by atoms with van der Waals surface area (Å²) >= 11 is 0. The molecule has 0 amide bonds. The van der Waals surface area contributed by atoms with Crippen molar-refractivity contribution in [3.8, 4) is 11.5 Å². The van der Waals surface area contributed by atoms with Crippen LogP contribution in [0.4, 0.5) is 11.4 Å². The molecular weight excluding hydrogens is 276 g/mol. The molecule has 0 heterocycles. The molecule has 2 aromatic carbocycles. The van der Waals surface area contributed by atoms with Gasteiger partial charge in [-0.1, -0.05) is 25.3 Å². The molecule has 0 radical (unpaired) electrons. The number of nitrogens with zero attached hydrogens (tertiary/aromatic N) is 2. The van der Waals surface area contributed by atoms with Crippen molar-refractivity contribution in [2.24, 2.45) is 10.2 Å². The summed E-state index contributed by atoms with van der Waals surface area (Å²) in [4.78, 5) is 0. The van der Waals surface area contributed by atoms with E-state index < -0.39 is 0 Å². The van der Waals surface area contributed by atoms with Gasteiger partial charge in [0, 0.05) is 0 Å². The first-order valence-corrected chi connectivity index (χ1v) is 6.91. The lowest BCUT2D eigenvalue weighted by Gasteiger charge is -2.03. The summed E-state index contributed by atoms with van der Waals surface area (Å²) in [6, 6.07) is 14.8. The van der Waals surface area contributed by atoms with Crippen molar-refractivity contribution < 1.29 is 9.47 Å². The molecule has 2 aromatic rings. The first-order chi connectivity index (χ1) is 10.8. The Balaban J connectivity index is 1.95. The maximum atomic E-state index is 5.41. The molecule has 0 atom stereocenters. The minimum absolute atomic E-state index is 0.487. The summed E-state index contributed by atoms with van der Waals surface area (Å²) in [6.45, 7) is 8.19. The van der Waals surface area contributed by atoms with Gasteiger partial charge in [-0.25, -0.2) is 0 Å². The number of rotatable bonds is 8. The number of benzene rings is 2. The maximum absolute atomic E-state index is 5.41. The zero-order valence-electron chi connectivity index (χ0n) is 12.3. The Labute approximate surface area is 130 Å². The Kier molecular flexibility index (Phi) is 5.93. The summed E-state index contributed by atoms with van der Waals surface area (Å²) in [5, 5.41) is 8.36. The highest BCUT2D eigenvalue weighted by Gasteiger charge is 1.95. The Morgan fingerprint density at radius 1 is 0.682 bits per heavy atom. The van der Waals surface area contributed by atoms with Crippen molar-refractivity contribution in [2.45, 2.75) is 0 Å². The van der Waals surface area contributed by atoms with Gasteiger partial charge in [0.1, 0.15) is 24.7 Å². The quantitative estimate of drug-likeness (QED) is 0.494. The largest absolute Gasteiger partial charge is 0.490 e. The standard InChI is InChI=1S/C18H18N2O2/c1-3-13-21-17-9-5-15(6-10-17)19-20-16-7-11-18(12-8-16)22-14-4-2/h3-12H,1-2,13-14H2. The van der Waals surface area contributed by atoms with Crippen LogP contribution in [0.25, 0.3) is 0 Å². The van der Waals surface area contributed by atoms with Crippen LogP contribution in [0.5, 0.6) is 11.5 Å². The first kappa shape index (κ1) is 15.5. The minimum Gasteiger partial charge on any atom is -0.490 e. The van der Waals surface area contributed by atoms with Gasteiger partial charge >= 0.3 is 0 Å². The van der Waals surface area contributed by atoms with Gasteiger partial charge in [0.15, 0.2) is 0 Å². The summed E-state index contributed by atoms with van der Waals surface area (Å²) < 4.78 is 10.8. The SMILES string of the molecule is C=CCOc1ccc(N=Nc2ccc(OCC=C)cc2)cc1. The lowest BCUT2D eigenvalue weighted by Crippen LogP contribution is -1.91. The van der Waals surface area contributed by atoms with Crippen LogP contribution >= 0.6 is 0 Å². The van der Waals surface area contributed by atoms with Crippen LogP contribution in [0.15, 0.2) is 84.1 Å². The van der Waals surface area contributed by atoms with Crippen LogP contribution in [0.3, 0.4) is 0 Å². The zero-order valence-corrected chi connectivity index (χ0v) is 12.3. The van der Waals surface area contributed by atoms with Crippen LogP contribution in [-0.4, -0.2) is 13.2 Å². The average Bonchev–Trinajstić information content (AvgIpc) is 2.58. The highest BCUT2D eigenvalue weighted by Crippen LogP contribution is 2.23. The van der Waals surface area contributed by atoms with Crippen LogP contribution < -0.4 is 9.47 Å². The Morgan fingerprint density at radius 2 is 1.05 bits per heavy atom. The number of azo groups is 1. The monoisotopic (exact) mass is 294 g/mol. The summed E-state index contributed by atoms with van der Waals surface area (Å²) in [7, 11) is 0. The lowest BCUT2D eigenvalue weighted by atomic mass is 10.3. The second-order valence-electron chi connectivity index (χ2n) is 4.39. The Hall–Kier alpha value is -2.88. The van der Waals surface area contributed by atoms with Crippen LogP contribution in [0.1, 0.15) is 0 Å². The molecule has 0 N–H and O–H groups in total. The molecular formula is C18H18N2O2. The predicted octanol–water partition coefficient (Wildman–Crippen LogP) is 5.23. The van der Waals surface area contributed by atoms with Crippen molar-refractivity contribution in [2.75, 3.05) is 13.2 Å². The van der Waals surface area contributed by atoms with Crippen LogP contribution in [0, 0.1) is 0 Å². The van der Waals surface area contributed by atoms with Crippen molar-refractivity contribution >= 4 is 11.4 Å². The van der Waals surface area contributed by atoms with Crippen molar-refractivity contribution in [3.05, 3.63) is 73.8 Å². The number of hydrogen-bond acceptors (Lipinski definition) is 4. The predicted molar refractivity (Wildman–Crippen MR) is 88.4 cm³/mol. The molecule has 0 aliphatic carbocycles. The third-order valence-electron chi connectivity index (χ3n) is 2.69. The Bertz CT molecular complexity index is 574. The van der Waals surface area contributed by atoms with Gasteiger partial charge in [-0.3, -0.25) is 0 Å². The van der Waals surface area contributed by atoms with Gasteiger partial charge in [-0.2, -0.15) is 10.2 Å². The van der Waals surface area contributed by atoms with Crippen molar-refractivity contribution in [1.82, 2.24) is 0 Å². The molecule has 0 aromatic heterocycles. The minimum atomic E-state index is 0.487. The summed E-state index contributed by atoms with van der Waals surface area (Å²) in [5.74, 6) is 1.56. The lowest BCUT2D eigenvalue weighted by molar-refractivity contribution is 0.363. The average molecular weight is 294 g/mol. The van der Waals surface area contributed by atoms with Gasteiger partial charge < -0.3 is 9.47 Å². The van der Waals surface area contributed by atoms with E-state index in [0.29, 0.717) is 13.2 Å². The number of ether oxygens (including phenoxy) is 2. The van der Waals surface area contributed by atoms with E-state index in [1.54, 1.807) is 12.2 Å². The molecule has 4 nitrogen and oxygen atoms in total. The third-order valence-corrected chi connectivity index (χ3v) is 2.69. The fourth-order valence-electron chi connectivity index (χ4n) is 1.64. The molecule has 2 rings (SSSR count). The molecule has 0 bridgehead atoms. The highest BCUT2D eigenvalue weighted by molar-refractivity contribution is 5.44. The van der Waals surface area contributed by atoms with E-state index in [0.717, 1.165) is 22.9 Å². The van der Waals surface area contributed by atoms with E-state index >= 15 is 0 Å². The van der Waals surface area contributed by atoms with Gasteiger partial charge in [0.25, 0.3) is 0 Å². The smallest absolute Gasteiger partial charge is 0.119 e. The van der Waals surface area contributed by atoms with E-state index in [1.165, 1.54) is 0 Å². The van der Waals surface area contributed by atoms with Crippen molar-refractivity contribution in [1.29, 1.82) is 0 Å². The molecule has 22 heavy (non-hydrogen) atoms. The topological polar surface area (TPSA) is 43.2 Å². The molecule has 0 spiro atoms. The summed E-state index contributed by atoms with van der Waals surface area (Å²) in [5.41, 5.74) is 1.52. The van der Waals surface area contributed by atoms with E-state index in [4.69, 9.17) is 9.47 Å². The molecule has 0 unspecified atom stereocenters. The van der Waals surface area contributed by atoms with E-state index in [-0.39, 0.29) is 0 Å². The zero-order chi connectivity index (χ0) is 15.6. The molecule has 0 saturated carbocycles. The first-order valence-electron chi connectivity index (χ1n) is 6.91. The van der Waals surface area contributed by atoms with Crippen LogP contribution in [0.2, 0.25) is 0 Å². The third kappa shape index (κ3) is 4.90. The second-order valence-corrected chi connectivity index (χ2v) is 4.39. The summed E-state index contributed by atoms with van der Waals surface area (Å²) in [6.07, 6.45) is 3.41. The van der Waals surface area contributed by atoms with Crippen LogP contribution in [-0.2, 0) is 0 Å². The van der Waals surface area contributed by atoms with E-state index in [1.807, 2.05) is 48.5 Å². The maximum Gasteiger partial charge on any atom is 0.119 e. The van der Waals surface area contributed by atoms with Gasteiger partial charge in [-0.05, 0) is 48.5 Å².